The molecule has 0 aromatic heterocycles. The number of halogens is 2. The molecule has 1 aliphatic rings. The summed E-state index contributed by atoms with van der Waals surface area (Å²) in [4.78, 5) is 11.7. The predicted molar refractivity (Wildman–Crippen MR) is 89.4 cm³/mol. The van der Waals surface area contributed by atoms with E-state index in [2.05, 4.69) is 10.6 Å². The normalized spacial score (nSPS) is 22.1. The Morgan fingerprint density at radius 3 is 2.95 bits per heavy atom. The number of hydrogen-bond acceptors (Lipinski definition) is 3. The molecule has 122 valence electrons. The summed E-state index contributed by atoms with van der Waals surface area (Å²) >= 11 is 12.1. The highest BCUT2D eigenvalue weighted by Crippen LogP contribution is 2.31. The highest BCUT2D eigenvalue weighted by atomic mass is 35.5. The van der Waals surface area contributed by atoms with E-state index < -0.39 is 0 Å². The van der Waals surface area contributed by atoms with Crippen LogP contribution in [0.25, 0.3) is 0 Å². The van der Waals surface area contributed by atoms with Crippen molar-refractivity contribution in [3.05, 3.63) is 33.8 Å². The Morgan fingerprint density at radius 1 is 1.41 bits per heavy atom. The maximum Gasteiger partial charge on any atom is 0.219 e. The third kappa shape index (κ3) is 4.85. The first-order valence-corrected chi connectivity index (χ1v) is 8.41. The molecule has 1 aliphatic heterocycles. The lowest BCUT2D eigenvalue weighted by molar-refractivity contribution is -0.121. The fraction of sp³-hybridized carbons (Fsp3) is 0.562. The van der Waals surface area contributed by atoms with Gasteiger partial charge in [-0.25, -0.2) is 0 Å². The molecule has 1 saturated heterocycles. The smallest absolute Gasteiger partial charge is 0.219 e. The van der Waals surface area contributed by atoms with Crippen LogP contribution >= 0.6 is 23.2 Å². The van der Waals surface area contributed by atoms with Gasteiger partial charge in [-0.05, 0) is 24.1 Å². The van der Waals surface area contributed by atoms with Crippen LogP contribution in [0.1, 0.15) is 31.4 Å². The Hall–Kier alpha value is -0.810. The molecule has 0 saturated carbocycles. The van der Waals surface area contributed by atoms with Gasteiger partial charge < -0.3 is 15.4 Å². The number of rotatable bonds is 5. The fourth-order valence-electron chi connectivity index (χ4n) is 2.59. The Morgan fingerprint density at radius 2 is 2.23 bits per heavy atom. The van der Waals surface area contributed by atoms with Gasteiger partial charge in [0.05, 0.1) is 22.8 Å². The molecular weight excluding hydrogens is 323 g/mol. The van der Waals surface area contributed by atoms with E-state index in [0.29, 0.717) is 29.6 Å². The molecule has 1 amide bonds. The molecule has 0 radical (unpaired) electrons. The summed E-state index contributed by atoms with van der Waals surface area (Å²) in [7, 11) is 0. The zero-order chi connectivity index (χ0) is 15.9. The lowest BCUT2D eigenvalue weighted by atomic mass is 9.95. The van der Waals surface area contributed by atoms with E-state index in [-0.39, 0.29) is 17.9 Å². The van der Waals surface area contributed by atoms with E-state index >= 15 is 0 Å². The Kier molecular flexibility index (Phi) is 6.96. The summed E-state index contributed by atoms with van der Waals surface area (Å²) in [6.45, 7) is 4.80. The van der Waals surface area contributed by atoms with E-state index in [9.17, 15) is 4.79 Å². The summed E-state index contributed by atoms with van der Waals surface area (Å²) in [5.74, 6) is 0.236. The molecule has 2 rings (SSSR count). The van der Waals surface area contributed by atoms with E-state index in [1.807, 2.05) is 19.1 Å². The van der Waals surface area contributed by atoms with Crippen molar-refractivity contribution >= 4 is 29.1 Å². The van der Waals surface area contributed by atoms with Crippen molar-refractivity contribution in [3.63, 3.8) is 0 Å². The second kappa shape index (κ2) is 8.73. The molecule has 4 nitrogen and oxygen atoms in total. The minimum atomic E-state index is -0.105. The number of ether oxygens (including phenoxy) is 1. The molecule has 1 aromatic rings. The second-order valence-electron chi connectivity index (χ2n) is 5.48. The molecule has 2 N–H and O–H groups in total. The van der Waals surface area contributed by atoms with Gasteiger partial charge >= 0.3 is 0 Å². The Labute approximate surface area is 141 Å². The summed E-state index contributed by atoms with van der Waals surface area (Å²) in [5.41, 5.74) is 0.993. The molecular formula is C16H22Cl2N2O2. The van der Waals surface area contributed by atoms with Crippen molar-refractivity contribution in [2.24, 2.45) is 5.92 Å². The monoisotopic (exact) mass is 344 g/mol. The van der Waals surface area contributed by atoms with Gasteiger partial charge in [0.25, 0.3) is 0 Å². The van der Waals surface area contributed by atoms with Crippen LogP contribution < -0.4 is 10.6 Å². The zero-order valence-electron chi connectivity index (χ0n) is 12.7. The quantitative estimate of drug-likeness (QED) is 0.862. The largest absolute Gasteiger partial charge is 0.372 e. The molecule has 0 spiro atoms. The molecule has 1 aromatic carbocycles. The van der Waals surface area contributed by atoms with E-state index in [1.54, 1.807) is 6.07 Å². The van der Waals surface area contributed by atoms with Crippen molar-refractivity contribution in [2.45, 2.75) is 25.9 Å². The van der Waals surface area contributed by atoms with Crippen molar-refractivity contribution in [1.82, 2.24) is 10.6 Å². The number of carbonyl (C=O) groups excluding carboxylic acids is 1. The molecule has 22 heavy (non-hydrogen) atoms. The molecule has 6 heteroatoms. The van der Waals surface area contributed by atoms with E-state index in [0.717, 1.165) is 25.1 Å². The minimum Gasteiger partial charge on any atom is -0.372 e. The van der Waals surface area contributed by atoms with Crippen LogP contribution in [0.4, 0.5) is 0 Å². The summed E-state index contributed by atoms with van der Waals surface area (Å²) in [6, 6.07) is 5.57. The average Bonchev–Trinajstić information content (AvgIpc) is 2.74. The van der Waals surface area contributed by atoms with Crippen LogP contribution in [-0.4, -0.2) is 32.1 Å². The SMILES string of the molecule is CCCC(=O)NC[C@@H]1CNCCO[C@H]1c1ccc(Cl)c(Cl)c1. The molecule has 0 aliphatic carbocycles. The number of nitrogens with one attached hydrogen (secondary N) is 2. The third-order valence-electron chi connectivity index (χ3n) is 3.72. The second-order valence-corrected chi connectivity index (χ2v) is 6.30. The van der Waals surface area contributed by atoms with Crippen molar-refractivity contribution < 1.29 is 9.53 Å². The zero-order valence-corrected chi connectivity index (χ0v) is 14.2. The number of carbonyl (C=O) groups is 1. The van der Waals surface area contributed by atoms with Crippen LogP contribution in [0.5, 0.6) is 0 Å². The Balaban J connectivity index is 2.09. The number of benzene rings is 1. The molecule has 1 heterocycles. The van der Waals surface area contributed by atoms with Crippen molar-refractivity contribution in [2.75, 3.05) is 26.2 Å². The highest BCUT2D eigenvalue weighted by molar-refractivity contribution is 6.42. The van der Waals surface area contributed by atoms with Crippen LogP contribution in [0, 0.1) is 5.92 Å². The first kappa shape index (κ1) is 17.5. The first-order valence-electron chi connectivity index (χ1n) is 7.65. The van der Waals surface area contributed by atoms with Crippen LogP contribution in [0.3, 0.4) is 0 Å². The van der Waals surface area contributed by atoms with Crippen molar-refractivity contribution in [1.29, 1.82) is 0 Å². The lowest BCUT2D eigenvalue weighted by Gasteiger charge is -2.25. The van der Waals surface area contributed by atoms with Gasteiger partial charge in [-0.1, -0.05) is 36.2 Å². The maximum atomic E-state index is 11.7. The van der Waals surface area contributed by atoms with Crippen LogP contribution in [-0.2, 0) is 9.53 Å². The molecule has 1 fully saturated rings. The van der Waals surface area contributed by atoms with Gasteiger partial charge in [0, 0.05) is 32.0 Å². The average molecular weight is 345 g/mol. The van der Waals surface area contributed by atoms with E-state index in [4.69, 9.17) is 27.9 Å². The molecule has 2 atom stereocenters. The van der Waals surface area contributed by atoms with Gasteiger partial charge in [-0.2, -0.15) is 0 Å². The number of amides is 1. The van der Waals surface area contributed by atoms with Gasteiger partial charge in [0.15, 0.2) is 0 Å². The first-order chi connectivity index (χ1) is 10.6. The van der Waals surface area contributed by atoms with Crippen LogP contribution in [0.2, 0.25) is 10.0 Å². The van der Waals surface area contributed by atoms with E-state index in [1.165, 1.54) is 0 Å². The van der Waals surface area contributed by atoms with Gasteiger partial charge in [0.1, 0.15) is 0 Å². The molecule has 0 bridgehead atoms. The Bertz CT molecular complexity index is 511. The van der Waals surface area contributed by atoms with Crippen LogP contribution in [0.15, 0.2) is 18.2 Å². The lowest BCUT2D eigenvalue weighted by Crippen LogP contribution is -2.36. The number of hydrogen-bond donors (Lipinski definition) is 2. The third-order valence-corrected chi connectivity index (χ3v) is 4.46. The standard InChI is InChI=1S/C16H22Cl2N2O2/c1-2-3-15(21)20-10-12-9-19-6-7-22-16(12)11-4-5-13(17)14(18)8-11/h4-5,8,12,16,19H,2-3,6-7,9-10H2,1H3,(H,20,21)/t12-,16-/m0/s1. The van der Waals surface area contributed by atoms with Gasteiger partial charge in [-0.3, -0.25) is 4.79 Å². The molecule has 0 unspecified atom stereocenters. The van der Waals surface area contributed by atoms with Crippen molar-refractivity contribution in [3.8, 4) is 0 Å². The van der Waals surface area contributed by atoms with Gasteiger partial charge in [-0.15, -0.1) is 0 Å². The topological polar surface area (TPSA) is 50.4 Å². The van der Waals surface area contributed by atoms with Gasteiger partial charge in [0.2, 0.25) is 5.91 Å². The highest BCUT2D eigenvalue weighted by Gasteiger charge is 2.26. The summed E-state index contributed by atoms with van der Waals surface area (Å²) < 4.78 is 5.97. The summed E-state index contributed by atoms with van der Waals surface area (Å²) in [6.07, 6.45) is 1.30. The fourth-order valence-corrected chi connectivity index (χ4v) is 2.89. The predicted octanol–water partition coefficient (Wildman–Crippen LogP) is 3.19. The maximum absolute atomic E-state index is 11.7. The summed E-state index contributed by atoms with van der Waals surface area (Å²) in [5, 5.41) is 7.39. The minimum absolute atomic E-state index is 0.0830.